The topological polar surface area (TPSA) is 110 Å². The fourth-order valence-electron chi connectivity index (χ4n) is 2.86. The third kappa shape index (κ3) is 2.76. The number of aliphatic hydroxyl groups excluding tert-OH is 1. The molecule has 3 aromatic heterocycles. The maximum absolute atomic E-state index is 12.8. The first kappa shape index (κ1) is 17.2. The van der Waals surface area contributed by atoms with Gasteiger partial charge >= 0.3 is 5.91 Å². The number of furan rings is 2. The molecule has 0 radical (unpaired) electrons. The quantitative estimate of drug-likeness (QED) is 0.416. The van der Waals surface area contributed by atoms with Crippen molar-refractivity contribution in [1.82, 2.24) is 10.2 Å². The summed E-state index contributed by atoms with van der Waals surface area (Å²) in [4.78, 5) is 26.7. The molecular formula is C18H15N3O5S. The first-order valence-corrected chi connectivity index (χ1v) is 9.01. The van der Waals surface area contributed by atoms with Crippen molar-refractivity contribution in [2.45, 2.75) is 25.8 Å². The lowest BCUT2D eigenvalue weighted by Crippen LogP contribution is -2.29. The van der Waals surface area contributed by atoms with Gasteiger partial charge in [-0.3, -0.25) is 14.5 Å². The van der Waals surface area contributed by atoms with Gasteiger partial charge in [-0.25, -0.2) is 0 Å². The predicted molar refractivity (Wildman–Crippen MR) is 96.2 cm³/mol. The van der Waals surface area contributed by atoms with Gasteiger partial charge in [0.1, 0.15) is 28.8 Å². The first-order chi connectivity index (χ1) is 13.0. The predicted octanol–water partition coefficient (Wildman–Crippen LogP) is 3.47. The number of hydrogen-bond donors (Lipinski definition) is 1. The number of nitrogens with zero attached hydrogens (tertiary/aromatic N) is 3. The number of Topliss-reactive ketones (excluding diaryl/α,β-unsaturated/α-hetero) is 1. The van der Waals surface area contributed by atoms with Crippen LogP contribution in [0.15, 0.2) is 51.4 Å². The van der Waals surface area contributed by atoms with Crippen molar-refractivity contribution in [2.24, 2.45) is 0 Å². The van der Waals surface area contributed by atoms with Gasteiger partial charge in [-0.15, -0.1) is 10.2 Å². The molecule has 1 N–H and O–H groups in total. The molecule has 0 aromatic carbocycles. The highest BCUT2D eigenvalue weighted by Gasteiger charge is 2.49. The highest BCUT2D eigenvalue weighted by atomic mass is 32.1. The molecule has 4 rings (SSSR count). The normalized spacial score (nSPS) is 19.4. The number of anilines is 1. The molecule has 4 heterocycles. The molecular weight excluding hydrogens is 370 g/mol. The van der Waals surface area contributed by atoms with Crippen molar-refractivity contribution in [3.05, 3.63) is 58.9 Å². The van der Waals surface area contributed by atoms with Gasteiger partial charge < -0.3 is 13.9 Å². The van der Waals surface area contributed by atoms with Crippen molar-refractivity contribution in [3.8, 4) is 0 Å². The van der Waals surface area contributed by atoms with E-state index in [2.05, 4.69) is 10.2 Å². The van der Waals surface area contributed by atoms with Gasteiger partial charge in [0.15, 0.2) is 0 Å². The summed E-state index contributed by atoms with van der Waals surface area (Å²) in [7, 11) is 0. The Hall–Kier alpha value is -3.20. The summed E-state index contributed by atoms with van der Waals surface area (Å²) in [5.41, 5.74) is 0.210. The highest BCUT2D eigenvalue weighted by molar-refractivity contribution is 7.15. The number of hydrogen-bond acceptors (Lipinski definition) is 8. The molecule has 1 atom stereocenters. The average Bonchev–Trinajstić information content (AvgIpc) is 3.43. The second-order valence-corrected chi connectivity index (χ2v) is 7.26. The number of carbonyl (C=O) groups excluding carboxylic acids is 2. The molecule has 0 spiro atoms. The SMILES string of the molecule is CC(C)c1nnc(N2C(=O)C(=O)C(=C(O)c3ccoc3)[C@H]2c2ccco2)s1. The van der Waals surface area contributed by atoms with Crippen LogP contribution in [-0.4, -0.2) is 27.0 Å². The zero-order valence-electron chi connectivity index (χ0n) is 14.4. The smallest absolute Gasteiger partial charge is 0.302 e. The van der Waals surface area contributed by atoms with Crippen molar-refractivity contribution >= 4 is 33.9 Å². The summed E-state index contributed by atoms with van der Waals surface area (Å²) in [5.74, 6) is -1.49. The molecule has 27 heavy (non-hydrogen) atoms. The van der Waals surface area contributed by atoms with E-state index in [0.29, 0.717) is 11.3 Å². The van der Waals surface area contributed by atoms with Gasteiger partial charge in [0, 0.05) is 5.92 Å². The van der Waals surface area contributed by atoms with E-state index in [1.807, 2.05) is 13.8 Å². The van der Waals surface area contributed by atoms with Crippen LogP contribution in [0.25, 0.3) is 5.76 Å². The molecule has 0 bridgehead atoms. The summed E-state index contributed by atoms with van der Waals surface area (Å²) in [6.45, 7) is 3.92. The average molecular weight is 385 g/mol. The number of rotatable bonds is 4. The summed E-state index contributed by atoms with van der Waals surface area (Å²) in [5, 5.41) is 19.9. The summed E-state index contributed by atoms with van der Waals surface area (Å²) in [6.07, 6.45) is 4.10. The second-order valence-electron chi connectivity index (χ2n) is 6.27. The van der Waals surface area contributed by atoms with Crippen molar-refractivity contribution in [2.75, 3.05) is 4.90 Å². The van der Waals surface area contributed by atoms with Crippen LogP contribution in [0.3, 0.4) is 0 Å². The van der Waals surface area contributed by atoms with Crippen LogP contribution in [0.1, 0.15) is 42.1 Å². The van der Waals surface area contributed by atoms with Crippen LogP contribution in [0, 0.1) is 0 Å². The van der Waals surface area contributed by atoms with Crippen LogP contribution in [-0.2, 0) is 9.59 Å². The van der Waals surface area contributed by atoms with Gasteiger partial charge in [0.25, 0.3) is 5.78 Å². The van der Waals surface area contributed by atoms with E-state index in [-0.39, 0.29) is 22.4 Å². The molecule has 3 aromatic rings. The van der Waals surface area contributed by atoms with Gasteiger partial charge in [-0.05, 0) is 18.2 Å². The lowest BCUT2D eigenvalue weighted by atomic mass is 10.0. The van der Waals surface area contributed by atoms with E-state index < -0.39 is 17.7 Å². The molecule has 0 saturated carbocycles. The van der Waals surface area contributed by atoms with Crippen molar-refractivity contribution in [3.63, 3.8) is 0 Å². The van der Waals surface area contributed by atoms with Crippen LogP contribution < -0.4 is 4.90 Å². The monoisotopic (exact) mass is 385 g/mol. The lowest BCUT2D eigenvalue weighted by Gasteiger charge is -2.19. The second kappa shape index (κ2) is 6.51. The third-order valence-corrected chi connectivity index (χ3v) is 5.40. The minimum atomic E-state index is -0.942. The molecule has 1 aliphatic heterocycles. The van der Waals surface area contributed by atoms with Gasteiger partial charge in [-0.2, -0.15) is 0 Å². The fourth-order valence-corrected chi connectivity index (χ4v) is 3.73. The van der Waals surface area contributed by atoms with Crippen LogP contribution in [0.5, 0.6) is 0 Å². The molecule has 9 heteroatoms. The van der Waals surface area contributed by atoms with Crippen LogP contribution >= 0.6 is 11.3 Å². The minimum absolute atomic E-state index is 0.0855. The van der Waals surface area contributed by atoms with Gasteiger partial charge in [0.05, 0.1) is 23.7 Å². The molecule has 1 saturated heterocycles. The van der Waals surface area contributed by atoms with Gasteiger partial charge in [0.2, 0.25) is 5.13 Å². The fraction of sp³-hybridized carbons (Fsp3) is 0.222. The standard InChI is InChI=1S/C18H15N3O5S/c1-9(2)16-19-20-18(27-16)21-13(11-4-3-6-26-11)12(15(23)17(21)24)14(22)10-5-7-25-8-10/h3-9,13,22H,1-2H3/t13-/m1/s1. The Labute approximate surface area is 157 Å². The first-order valence-electron chi connectivity index (χ1n) is 8.19. The Bertz CT molecular complexity index is 1020. The number of aliphatic hydroxyl groups is 1. The van der Waals surface area contributed by atoms with E-state index in [1.54, 1.807) is 12.1 Å². The lowest BCUT2D eigenvalue weighted by molar-refractivity contribution is -0.132. The number of amides is 1. The maximum atomic E-state index is 12.8. The molecule has 1 aliphatic rings. The Balaban J connectivity index is 1.89. The largest absolute Gasteiger partial charge is 0.507 e. The summed E-state index contributed by atoms with van der Waals surface area (Å²) in [6, 6.07) is 3.84. The number of ketones is 1. The Morgan fingerprint density at radius 1 is 1.26 bits per heavy atom. The van der Waals surface area contributed by atoms with Crippen molar-refractivity contribution < 1.29 is 23.5 Å². The molecule has 138 valence electrons. The van der Waals surface area contributed by atoms with E-state index in [9.17, 15) is 14.7 Å². The number of aromatic nitrogens is 2. The third-order valence-electron chi connectivity index (χ3n) is 4.18. The number of carbonyl (C=O) groups is 2. The van der Waals surface area contributed by atoms with E-state index in [0.717, 1.165) is 5.01 Å². The summed E-state index contributed by atoms with van der Waals surface area (Å²) < 4.78 is 10.4. The molecule has 0 aliphatic carbocycles. The molecule has 1 amide bonds. The van der Waals surface area contributed by atoms with Crippen LogP contribution in [0.4, 0.5) is 5.13 Å². The Morgan fingerprint density at radius 3 is 2.67 bits per heavy atom. The molecule has 1 fully saturated rings. The van der Waals surface area contributed by atoms with E-state index >= 15 is 0 Å². The van der Waals surface area contributed by atoms with Gasteiger partial charge in [-0.1, -0.05) is 25.2 Å². The maximum Gasteiger partial charge on any atom is 0.302 e. The molecule has 0 unspecified atom stereocenters. The van der Waals surface area contributed by atoms with Crippen LogP contribution in [0.2, 0.25) is 0 Å². The Kier molecular flexibility index (Phi) is 4.15. The highest BCUT2D eigenvalue weighted by Crippen LogP contribution is 2.43. The van der Waals surface area contributed by atoms with Crippen molar-refractivity contribution in [1.29, 1.82) is 0 Å². The zero-order chi connectivity index (χ0) is 19.1. The zero-order valence-corrected chi connectivity index (χ0v) is 15.3. The minimum Gasteiger partial charge on any atom is -0.507 e. The summed E-state index contributed by atoms with van der Waals surface area (Å²) >= 11 is 1.22. The van der Waals surface area contributed by atoms with E-state index in [4.69, 9.17) is 8.83 Å². The Morgan fingerprint density at radius 2 is 2.07 bits per heavy atom. The van der Waals surface area contributed by atoms with E-state index in [1.165, 1.54) is 41.1 Å². The molecule has 8 nitrogen and oxygen atoms in total.